The molecule has 0 aliphatic heterocycles. The van der Waals surface area contributed by atoms with Gasteiger partial charge in [0.15, 0.2) is 11.5 Å². The van der Waals surface area contributed by atoms with E-state index in [1.165, 1.54) is 154 Å². The largest absolute Gasteiger partial charge is 0.490 e. The fraction of sp³-hybridized carbons (Fsp3) is 0.852. The highest BCUT2D eigenvalue weighted by Gasteiger charge is 2.19. The minimum absolute atomic E-state index is 0.0174. The zero-order valence-electron chi connectivity index (χ0n) is 41.0. The number of benzene rings is 1. The lowest BCUT2D eigenvalue weighted by molar-refractivity contribution is -0.121. The number of hydrogen-bond donors (Lipinski definition) is 3. The van der Waals surface area contributed by atoms with Gasteiger partial charge in [-0.2, -0.15) is 0 Å². The summed E-state index contributed by atoms with van der Waals surface area (Å²) < 4.78 is 19.5. The first-order valence-electron chi connectivity index (χ1n) is 26.8. The first kappa shape index (κ1) is 57.5. The third-order valence-corrected chi connectivity index (χ3v) is 12.1. The van der Waals surface area contributed by atoms with E-state index < -0.39 is 0 Å². The van der Waals surface area contributed by atoms with Gasteiger partial charge in [-0.1, -0.05) is 213 Å². The molecule has 362 valence electrons. The predicted molar refractivity (Wildman–Crippen MR) is 263 cm³/mol. The van der Waals surface area contributed by atoms with Crippen LogP contribution >= 0.6 is 0 Å². The van der Waals surface area contributed by atoms with Gasteiger partial charge < -0.3 is 30.0 Å². The van der Waals surface area contributed by atoms with Gasteiger partial charge in [0, 0.05) is 31.7 Å². The molecule has 0 bridgehead atoms. The Kier molecular flexibility index (Phi) is 41.9. The van der Waals surface area contributed by atoms with Crippen LogP contribution < -0.4 is 24.8 Å². The van der Waals surface area contributed by atoms with E-state index in [0.717, 1.165) is 70.6 Å². The third kappa shape index (κ3) is 34.9. The molecule has 1 rings (SSSR count). The number of aliphatic hydroxyl groups is 1. The molecular formula is C54H100N2O6. The summed E-state index contributed by atoms with van der Waals surface area (Å²) >= 11 is 0. The van der Waals surface area contributed by atoms with Gasteiger partial charge in [-0.05, 0) is 50.7 Å². The summed E-state index contributed by atoms with van der Waals surface area (Å²) in [5.74, 6) is 1.64. The number of amides is 2. The Morgan fingerprint density at radius 1 is 0.419 bits per heavy atom. The Bertz CT molecular complexity index is 1100. The Hall–Kier alpha value is -2.48. The number of unbranched alkanes of at least 4 members (excludes halogenated alkanes) is 31. The van der Waals surface area contributed by atoms with Gasteiger partial charge in [-0.15, -0.1) is 0 Å². The van der Waals surface area contributed by atoms with Gasteiger partial charge in [0.05, 0.1) is 19.8 Å². The van der Waals surface area contributed by atoms with Crippen molar-refractivity contribution in [2.75, 3.05) is 39.5 Å². The predicted octanol–water partition coefficient (Wildman–Crippen LogP) is 15.2. The summed E-state index contributed by atoms with van der Waals surface area (Å²) in [6, 6.07) is 3.67. The van der Waals surface area contributed by atoms with Crippen LogP contribution in [0.3, 0.4) is 0 Å². The van der Waals surface area contributed by atoms with Crippen molar-refractivity contribution in [1.82, 2.24) is 10.6 Å². The highest BCUT2D eigenvalue weighted by molar-refractivity contribution is 5.95. The number of carbonyl (C=O) groups excluding carboxylic acids is 2. The molecule has 0 saturated carbocycles. The molecule has 0 radical (unpaired) electrons. The molecule has 0 heterocycles. The van der Waals surface area contributed by atoms with E-state index in [1.807, 2.05) is 12.1 Å². The van der Waals surface area contributed by atoms with Crippen LogP contribution in [0.4, 0.5) is 0 Å². The van der Waals surface area contributed by atoms with E-state index in [0.29, 0.717) is 68.6 Å². The van der Waals surface area contributed by atoms with Crippen molar-refractivity contribution in [2.24, 2.45) is 0 Å². The smallest absolute Gasteiger partial charge is 0.251 e. The van der Waals surface area contributed by atoms with Gasteiger partial charge in [-0.3, -0.25) is 9.59 Å². The SMILES string of the molecule is CCCCCCCCCCCCOc1cc(C(=O)NCCCC(=O)NCCCCCCCO)cc(OCCCCCCCCCCCC)c1OCCCCCCCCCCCC. The molecule has 1 aromatic rings. The molecule has 0 aliphatic carbocycles. The van der Waals surface area contributed by atoms with E-state index >= 15 is 0 Å². The topological polar surface area (TPSA) is 106 Å². The molecule has 8 heteroatoms. The van der Waals surface area contributed by atoms with Crippen LogP contribution in [0.25, 0.3) is 0 Å². The summed E-state index contributed by atoms with van der Waals surface area (Å²) in [6.45, 7) is 9.88. The third-order valence-electron chi connectivity index (χ3n) is 12.1. The first-order chi connectivity index (χ1) is 30.6. The van der Waals surface area contributed by atoms with Gasteiger partial charge in [0.2, 0.25) is 11.7 Å². The van der Waals surface area contributed by atoms with Crippen molar-refractivity contribution in [2.45, 2.75) is 258 Å². The summed E-state index contributed by atoms with van der Waals surface area (Å²) in [4.78, 5) is 26.1. The van der Waals surface area contributed by atoms with E-state index in [-0.39, 0.29) is 18.4 Å². The Morgan fingerprint density at radius 3 is 1.16 bits per heavy atom. The molecule has 62 heavy (non-hydrogen) atoms. The van der Waals surface area contributed by atoms with E-state index in [4.69, 9.17) is 19.3 Å². The van der Waals surface area contributed by atoms with E-state index in [9.17, 15) is 9.59 Å². The quantitative estimate of drug-likeness (QED) is 0.0563. The van der Waals surface area contributed by atoms with Gasteiger partial charge >= 0.3 is 0 Å². The van der Waals surface area contributed by atoms with Crippen LogP contribution in [0, 0.1) is 0 Å². The number of aliphatic hydroxyl groups excluding tert-OH is 1. The summed E-state index contributed by atoms with van der Waals surface area (Å²) in [7, 11) is 0. The first-order valence-corrected chi connectivity index (χ1v) is 26.8. The monoisotopic (exact) mass is 873 g/mol. The second kappa shape index (κ2) is 45.1. The molecule has 0 spiro atoms. The average molecular weight is 873 g/mol. The molecule has 0 saturated heterocycles. The van der Waals surface area contributed by atoms with Crippen molar-refractivity contribution >= 4 is 11.8 Å². The molecule has 2 amide bonds. The average Bonchev–Trinajstić information content (AvgIpc) is 3.28. The number of nitrogens with one attached hydrogen (secondary N) is 2. The highest BCUT2D eigenvalue weighted by Crippen LogP contribution is 2.40. The molecule has 0 unspecified atom stereocenters. The van der Waals surface area contributed by atoms with Crippen LogP contribution in [0.5, 0.6) is 17.2 Å². The van der Waals surface area contributed by atoms with Gasteiger partial charge in [0.25, 0.3) is 5.91 Å². The molecule has 1 aromatic carbocycles. The molecule has 3 N–H and O–H groups in total. The lowest BCUT2D eigenvalue weighted by Crippen LogP contribution is -2.28. The molecule has 8 nitrogen and oxygen atoms in total. The number of ether oxygens (including phenoxy) is 3. The fourth-order valence-electron chi connectivity index (χ4n) is 8.01. The number of hydrogen-bond acceptors (Lipinski definition) is 6. The van der Waals surface area contributed by atoms with Crippen molar-refractivity contribution in [1.29, 1.82) is 0 Å². The normalized spacial score (nSPS) is 11.2. The fourth-order valence-corrected chi connectivity index (χ4v) is 8.01. The maximum Gasteiger partial charge on any atom is 0.251 e. The van der Waals surface area contributed by atoms with Crippen LogP contribution in [-0.4, -0.2) is 56.4 Å². The molecule has 0 aromatic heterocycles. The second-order valence-corrected chi connectivity index (χ2v) is 18.1. The zero-order valence-corrected chi connectivity index (χ0v) is 41.0. The molecule has 0 aliphatic rings. The Balaban J connectivity index is 2.90. The highest BCUT2D eigenvalue weighted by atomic mass is 16.5. The molecule has 0 atom stereocenters. The maximum atomic E-state index is 13.6. The minimum atomic E-state index is -0.192. The summed E-state index contributed by atoms with van der Waals surface area (Å²) in [5.41, 5.74) is 0.498. The van der Waals surface area contributed by atoms with Crippen molar-refractivity contribution < 1.29 is 28.9 Å². The molecular weight excluding hydrogens is 773 g/mol. The molecule has 0 fully saturated rings. The number of rotatable bonds is 48. The van der Waals surface area contributed by atoms with Crippen molar-refractivity contribution in [3.8, 4) is 17.2 Å². The van der Waals surface area contributed by atoms with Crippen LogP contribution in [0.1, 0.15) is 269 Å². The van der Waals surface area contributed by atoms with Crippen molar-refractivity contribution in [3.05, 3.63) is 17.7 Å². The zero-order chi connectivity index (χ0) is 44.8. The number of carbonyl (C=O) groups is 2. The summed E-state index contributed by atoms with van der Waals surface area (Å²) in [5, 5.41) is 15.0. The van der Waals surface area contributed by atoms with E-state index in [2.05, 4.69) is 31.4 Å². The van der Waals surface area contributed by atoms with Crippen LogP contribution in [-0.2, 0) is 4.79 Å². The van der Waals surface area contributed by atoms with E-state index in [1.54, 1.807) is 0 Å². The van der Waals surface area contributed by atoms with Gasteiger partial charge in [-0.25, -0.2) is 0 Å². The van der Waals surface area contributed by atoms with Crippen molar-refractivity contribution in [3.63, 3.8) is 0 Å². The standard InChI is InChI=1S/C54H100N2O6/c1-4-7-10-13-16-19-22-25-31-36-44-60-50-47-49(54(59)56-42-39-40-52(58)55-41-34-29-28-30-35-43-57)48-51(61-45-37-32-26-23-20-17-14-11-8-5-2)53(50)62-46-38-33-27-24-21-18-15-12-9-6-3/h47-48,57H,4-46H2,1-3H3,(H,55,58)(H,56,59). The lowest BCUT2D eigenvalue weighted by Gasteiger charge is -2.19. The van der Waals surface area contributed by atoms with Crippen LogP contribution in [0.15, 0.2) is 12.1 Å². The minimum Gasteiger partial charge on any atom is -0.490 e. The van der Waals surface area contributed by atoms with Gasteiger partial charge in [0.1, 0.15) is 0 Å². The lowest BCUT2D eigenvalue weighted by atomic mass is 10.1. The second-order valence-electron chi connectivity index (χ2n) is 18.1. The Labute approximate surface area is 383 Å². The maximum absolute atomic E-state index is 13.6. The van der Waals surface area contributed by atoms with Crippen LogP contribution in [0.2, 0.25) is 0 Å². The Morgan fingerprint density at radius 2 is 0.758 bits per heavy atom. The summed E-state index contributed by atoms with van der Waals surface area (Å²) in [6.07, 6.45) is 43.8.